The lowest BCUT2D eigenvalue weighted by Crippen LogP contribution is -2.76. The fourth-order valence-electron chi connectivity index (χ4n) is 11.7. The van der Waals surface area contributed by atoms with E-state index in [4.69, 9.17) is 18.9 Å². The number of esters is 1. The van der Waals surface area contributed by atoms with Crippen LogP contribution in [-0.4, -0.2) is 53.7 Å². The third-order valence-electron chi connectivity index (χ3n) is 13.2. The van der Waals surface area contributed by atoms with Crippen molar-refractivity contribution in [3.8, 4) is 0 Å². The van der Waals surface area contributed by atoms with Crippen molar-refractivity contribution in [3.05, 3.63) is 60.4 Å². The van der Waals surface area contributed by atoms with Crippen molar-refractivity contribution in [3.63, 3.8) is 0 Å². The van der Waals surface area contributed by atoms with Gasteiger partial charge in [-0.25, -0.2) is 4.79 Å². The van der Waals surface area contributed by atoms with Gasteiger partial charge in [-0.1, -0.05) is 51.6 Å². The van der Waals surface area contributed by atoms with Gasteiger partial charge in [-0.3, -0.25) is 4.79 Å². The van der Waals surface area contributed by atoms with Crippen molar-refractivity contribution >= 4 is 11.8 Å². The molecule has 0 aromatic heterocycles. The summed E-state index contributed by atoms with van der Waals surface area (Å²) < 4.78 is 25.9. The van der Waals surface area contributed by atoms with E-state index in [9.17, 15) is 14.7 Å². The number of carbonyl (C=O) groups excluding carboxylic acids is 2. The van der Waals surface area contributed by atoms with Gasteiger partial charge in [0.1, 0.15) is 11.7 Å². The van der Waals surface area contributed by atoms with Crippen LogP contribution in [0.15, 0.2) is 54.8 Å². The molecule has 6 fully saturated rings. The van der Waals surface area contributed by atoms with Crippen LogP contribution < -0.4 is 0 Å². The minimum atomic E-state index is -0.823. The Kier molecular flexibility index (Phi) is 5.05. The quantitative estimate of drug-likeness (QED) is 0.418. The molecule has 3 aliphatic heterocycles. The highest BCUT2D eigenvalue weighted by atomic mass is 16.6. The van der Waals surface area contributed by atoms with Gasteiger partial charge in [-0.05, 0) is 61.6 Å². The molecule has 1 aromatic rings. The molecular formula is C34H40O7. The third-order valence-corrected chi connectivity index (χ3v) is 13.2. The maximum Gasteiger partial charge on any atom is 0.338 e. The molecule has 3 saturated carbocycles. The minimum Gasteiger partial charge on any atom is -0.470 e. The van der Waals surface area contributed by atoms with E-state index in [1.54, 1.807) is 18.2 Å². The molecule has 8 rings (SSSR count). The van der Waals surface area contributed by atoms with Crippen molar-refractivity contribution in [2.24, 2.45) is 45.3 Å². The Morgan fingerprint density at radius 2 is 1.88 bits per heavy atom. The highest BCUT2D eigenvalue weighted by molar-refractivity contribution is 5.98. The summed E-state index contributed by atoms with van der Waals surface area (Å²) in [5, 5.41) is 10.3. The van der Waals surface area contributed by atoms with Crippen LogP contribution in [0, 0.1) is 45.3 Å². The van der Waals surface area contributed by atoms with Gasteiger partial charge < -0.3 is 24.1 Å². The number of hydrogen-bond acceptors (Lipinski definition) is 7. The first-order valence-corrected chi connectivity index (χ1v) is 15.2. The van der Waals surface area contributed by atoms with Crippen molar-refractivity contribution < 1.29 is 33.6 Å². The number of benzene rings is 1. The molecule has 7 nitrogen and oxygen atoms in total. The number of ketones is 1. The number of fused-ring (bicyclic) bond motifs is 2. The molecule has 41 heavy (non-hydrogen) atoms. The Bertz CT molecular complexity index is 1390. The van der Waals surface area contributed by atoms with Gasteiger partial charge in [0.25, 0.3) is 0 Å². The summed E-state index contributed by atoms with van der Waals surface area (Å²) >= 11 is 0. The van der Waals surface area contributed by atoms with Gasteiger partial charge in [0, 0.05) is 29.1 Å². The molecule has 0 radical (unpaired) electrons. The number of aliphatic hydroxyl groups excluding tert-OH is 1. The number of carbonyl (C=O) groups is 2. The molecule has 1 N–H and O–H groups in total. The van der Waals surface area contributed by atoms with E-state index in [1.165, 1.54) is 0 Å². The summed E-state index contributed by atoms with van der Waals surface area (Å²) in [5.74, 6) is 0.610. The molecule has 1 aromatic carbocycles. The predicted molar refractivity (Wildman–Crippen MR) is 148 cm³/mol. The zero-order valence-corrected chi connectivity index (χ0v) is 24.3. The van der Waals surface area contributed by atoms with Crippen LogP contribution >= 0.6 is 0 Å². The standard InChI is InChI=1S/C34H40O7/c1-18-20(15-25(36)39-18)21-11-12-22-31(21,3)16-24-34(41-24)32(22,4)28(40-29(37)19-9-7-6-8-10-19)26-27-30(2,17-38-26)14-13-23(35)33(27,34)5/h6-10,13-14,20-22,24-28,36H,1,11-12,15-17H2,2-5H3/t20-,21-,22-,24-,25+,26+,27-,28+,30-,31-,32-,33-,34-/m0/s1. The van der Waals surface area contributed by atoms with Crippen LogP contribution in [0.25, 0.3) is 0 Å². The number of allylic oxidation sites excluding steroid dienone is 2. The highest BCUT2D eigenvalue weighted by Gasteiger charge is 2.91. The molecule has 3 heterocycles. The molecule has 7 aliphatic rings. The summed E-state index contributed by atoms with van der Waals surface area (Å²) in [7, 11) is 0. The lowest BCUT2D eigenvalue weighted by atomic mass is 9.36. The third kappa shape index (κ3) is 2.87. The first-order chi connectivity index (χ1) is 19.4. The van der Waals surface area contributed by atoms with Gasteiger partial charge >= 0.3 is 5.97 Å². The molecule has 7 heteroatoms. The Morgan fingerprint density at radius 1 is 1.12 bits per heavy atom. The van der Waals surface area contributed by atoms with E-state index >= 15 is 0 Å². The van der Waals surface area contributed by atoms with Crippen LogP contribution in [0.1, 0.15) is 63.7 Å². The van der Waals surface area contributed by atoms with Crippen molar-refractivity contribution in [1.82, 2.24) is 0 Å². The Labute approximate surface area is 241 Å². The number of epoxide rings is 1. The summed E-state index contributed by atoms with van der Waals surface area (Å²) in [5.41, 5.74) is -2.28. The average molecular weight is 561 g/mol. The summed E-state index contributed by atoms with van der Waals surface area (Å²) in [6.07, 6.45) is 5.02. The lowest BCUT2D eigenvalue weighted by Gasteiger charge is -2.66. The van der Waals surface area contributed by atoms with Gasteiger partial charge in [0.15, 0.2) is 12.1 Å². The fraction of sp³-hybridized carbons (Fsp3) is 0.647. The monoisotopic (exact) mass is 560 g/mol. The van der Waals surface area contributed by atoms with Crippen LogP contribution in [0.5, 0.6) is 0 Å². The molecule has 3 saturated heterocycles. The second kappa shape index (κ2) is 7.91. The summed E-state index contributed by atoms with van der Waals surface area (Å²) in [6, 6.07) is 9.13. The van der Waals surface area contributed by atoms with E-state index in [0.717, 1.165) is 19.3 Å². The Balaban J connectivity index is 1.29. The lowest BCUT2D eigenvalue weighted by molar-refractivity contribution is -0.236. The molecule has 1 spiro atoms. The van der Waals surface area contributed by atoms with Crippen LogP contribution in [0.2, 0.25) is 0 Å². The van der Waals surface area contributed by atoms with E-state index in [0.29, 0.717) is 24.4 Å². The van der Waals surface area contributed by atoms with Crippen LogP contribution in [-0.2, 0) is 23.7 Å². The zero-order valence-electron chi connectivity index (χ0n) is 24.3. The van der Waals surface area contributed by atoms with Crippen molar-refractivity contribution in [1.29, 1.82) is 0 Å². The second-order valence-electron chi connectivity index (χ2n) is 14.8. The predicted octanol–water partition coefficient (Wildman–Crippen LogP) is 4.84. The molecule has 0 bridgehead atoms. The summed E-state index contributed by atoms with van der Waals surface area (Å²) in [4.78, 5) is 27.9. The van der Waals surface area contributed by atoms with Gasteiger partial charge in [0.05, 0.1) is 35.6 Å². The normalized spacial score (nSPS) is 54.1. The minimum absolute atomic E-state index is 0.0531. The topological polar surface area (TPSA) is 94.6 Å². The first kappa shape index (κ1) is 26.2. The highest BCUT2D eigenvalue weighted by Crippen LogP contribution is 2.82. The van der Waals surface area contributed by atoms with Crippen molar-refractivity contribution in [2.45, 2.75) is 83.6 Å². The molecule has 0 amide bonds. The summed E-state index contributed by atoms with van der Waals surface area (Å²) in [6.45, 7) is 13.5. The number of rotatable bonds is 3. The zero-order chi connectivity index (χ0) is 28.7. The molecule has 218 valence electrons. The first-order valence-electron chi connectivity index (χ1n) is 15.2. The molecule has 4 aliphatic carbocycles. The molecule has 0 unspecified atom stereocenters. The fourth-order valence-corrected chi connectivity index (χ4v) is 11.7. The SMILES string of the molecule is C=C1O[C@@H](O)C[C@@H]1[C@@H]1CC[C@H]2[C@@]1(C)C[C@@H]1O[C@]13[C@]2(C)[C@H](OC(=O)c1ccccc1)[C@@H]1OC[C@]2(C)C=CC(=O)[C@@]3(C)[C@@H]12. The van der Waals surface area contributed by atoms with Crippen LogP contribution in [0.3, 0.4) is 0 Å². The Hall–Kier alpha value is -2.48. The van der Waals surface area contributed by atoms with E-state index in [2.05, 4.69) is 34.3 Å². The van der Waals surface area contributed by atoms with E-state index < -0.39 is 34.9 Å². The van der Waals surface area contributed by atoms with Gasteiger partial charge in [0.2, 0.25) is 0 Å². The smallest absolute Gasteiger partial charge is 0.338 e. The van der Waals surface area contributed by atoms with Gasteiger partial charge in [-0.2, -0.15) is 0 Å². The van der Waals surface area contributed by atoms with E-state index in [1.807, 2.05) is 24.3 Å². The van der Waals surface area contributed by atoms with E-state index in [-0.39, 0.29) is 52.4 Å². The van der Waals surface area contributed by atoms with Crippen molar-refractivity contribution in [2.75, 3.05) is 6.61 Å². The molecular weight excluding hydrogens is 520 g/mol. The van der Waals surface area contributed by atoms with Crippen LogP contribution in [0.4, 0.5) is 0 Å². The number of hydrogen-bond donors (Lipinski definition) is 1. The maximum absolute atomic E-state index is 14.1. The largest absolute Gasteiger partial charge is 0.470 e. The maximum atomic E-state index is 14.1. The number of ether oxygens (including phenoxy) is 4. The Morgan fingerprint density at radius 3 is 2.59 bits per heavy atom. The second-order valence-corrected chi connectivity index (χ2v) is 14.8. The van der Waals surface area contributed by atoms with Gasteiger partial charge in [-0.15, -0.1) is 0 Å². The molecule has 13 atom stereocenters. The average Bonchev–Trinajstić information content (AvgIpc) is 3.21. The number of aliphatic hydroxyl groups is 1.